The van der Waals surface area contributed by atoms with Gasteiger partial charge in [-0.15, -0.1) is 0 Å². The van der Waals surface area contributed by atoms with Crippen molar-refractivity contribution in [3.05, 3.63) is 36.4 Å². The van der Waals surface area contributed by atoms with Gasteiger partial charge in [0, 0.05) is 44.7 Å². The van der Waals surface area contributed by atoms with Gasteiger partial charge in [-0.3, -0.25) is 9.69 Å². The van der Waals surface area contributed by atoms with E-state index in [1.54, 1.807) is 14.2 Å². The van der Waals surface area contributed by atoms with E-state index in [9.17, 15) is 4.79 Å². The zero-order valence-corrected chi connectivity index (χ0v) is 20.8. The normalized spacial score (nSPS) is 16.8. The number of nitrogens with zero attached hydrogens (tertiary/aromatic N) is 5. The highest BCUT2D eigenvalue weighted by molar-refractivity contribution is 5.94. The highest BCUT2D eigenvalue weighted by Crippen LogP contribution is 2.35. The van der Waals surface area contributed by atoms with E-state index in [2.05, 4.69) is 25.8 Å². The van der Waals surface area contributed by atoms with E-state index < -0.39 is 0 Å². The van der Waals surface area contributed by atoms with E-state index in [-0.39, 0.29) is 11.9 Å². The Balaban J connectivity index is 1.35. The molecule has 10 heteroatoms. The molecule has 10 nitrogen and oxygen atoms in total. The molecule has 0 saturated carbocycles. The van der Waals surface area contributed by atoms with Crippen molar-refractivity contribution in [3.63, 3.8) is 0 Å². The van der Waals surface area contributed by atoms with E-state index in [4.69, 9.17) is 19.9 Å². The van der Waals surface area contributed by atoms with Crippen LogP contribution < -0.4 is 20.1 Å². The Hall–Kier alpha value is -3.63. The molecule has 1 aromatic heterocycles. The molecule has 0 radical (unpaired) electrons. The molecule has 190 valence electrons. The fourth-order valence-corrected chi connectivity index (χ4v) is 4.79. The maximum Gasteiger partial charge on any atom is 0.236 e. The molecule has 1 amide bonds. The Labute approximate surface area is 210 Å². The summed E-state index contributed by atoms with van der Waals surface area (Å²) < 4.78 is 16.2. The van der Waals surface area contributed by atoms with Crippen molar-refractivity contribution in [1.82, 2.24) is 19.8 Å². The lowest BCUT2D eigenvalue weighted by Gasteiger charge is -2.36. The van der Waals surface area contributed by atoms with E-state index in [0.29, 0.717) is 44.3 Å². The quantitative estimate of drug-likeness (QED) is 0.552. The van der Waals surface area contributed by atoms with Gasteiger partial charge in [0.2, 0.25) is 11.9 Å². The fourth-order valence-electron chi connectivity index (χ4n) is 4.79. The average Bonchev–Trinajstić information content (AvgIpc) is 2.93. The van der Waals surface area contributed by atoms with Gasteiger partial charge in [0.05, 0.1) is 39.5 Å². The molecule has 0 atom stereocenters. The van der Waals surface area contributed by atoms with Gasteiger partial charge in [-0.1, -0.05) is 12.1 Å². The van der Waals surface area contributed by atoms with Gasteiger partial charge < -0.3 is 29.7 Å². The lowest BCUT2D eigenvalue weighted by molar-refractivity contribution is -0.136. The Kier molecular flexibility index (Phi) is 7.06. The first kappa shape index (κ1) is 24.1. The van der Waals surface area contributed by atoms with Crippen molar-refractivity contribution in [2.45, 2.75) is 0 Å². The van der Waals surface area contributed by atoms with Gasteiger partial charge in [0.15, 0.2) is 11.5 Å². The number of amides is 1. The largest absolute Gasteiger partial charge is 0.493 e. The smallest absolute Gasteiger partial charge is 0.236 e. The fraction of sp³-hybridized carbons (Fsp3) is 0.423. The van der Waals surface area contributed by atoms with Crippen LogP contribution >= 0.6 is 0 Å². The number of carbonyl (C=O) groups excluding carboxylic acids is 1. The summed E-state index contributed by atoms with van der Waals surface area (Å²) in [6.07, 6.45) is 0. The molecule has 2 saturated heterocycles. The third-order valence-corrected chi connectivity index (χ3v) is 6.80. The molecule has 3 aromatic rings. The predicted octanol–water partition coefficient (Wildman–Crippen LogP) is 1.88. The monoisotopic (exact) mass is 492 g/mol. The lowest BCUT2D eigenvalue weighted by atomic mass is 10.0. The zero-order chi connectivity index (χ0) is 25.1. The van der Waals surface area contributed by atoms with Gasteiger partial charge >= 0.3 is 0 Å². The molecular weight excluding hydrogens is 460 g/mol. The van der Waals surface area contributed by atoms with Crippen LogP contribution in [0.15, 0.2) is 36.4 Å². The van der Waals surface area contributed by atoms with Crippen LogP contribution in [0.1, 0.15) is 0 Å². The third kappa shape index (κ3) is 5.00. The van der Waals surface area contributed by atoms with E-state index in [1.807, 2.05) is 35.2 Å². The van der Waals surface area contributed by atoms with Crippen LogP contribution in [-0.4, -0.2) is 98.9 Å². The topological polar surface area (TPSA) is 106 Å². The molecular formula is C26H32N6O4. The van der Waals surface area contributed by atoms with Crippen molar-refractivity contribution >= 4 is 28.6 Å². The number of hydrogen-bond donors (Lipinski definition) is 1. The van der Waals surface area contributed by atoms with Crippen LogP contribution in [-0.2, 0) is 9.53 Å². The summed E-state index contributed by atoms with van der Waals surface area (Å²) in [5.74, 6) is 2.60. The van der Waals surface area contributed by atoms with Gasteiger partial charge in [0.25, 0.3) is 0 Å². The predicted molar refractivity (Wildman–Crippen MR) is 139 cm³/mol. The van der Waals surface area contributed by atoms with Crippen LogP contribution in [0.3, 0.4) is 0 Å². The number of anilines is 2. The number of nitrogens with two attached hydrogens (primary N) is 1. The number of aromatic nitrogens is 2. The number of nitrogen functional groups attached to an aromatic ring is 1. The van der Waals surface area contributed by atoms with Crippen molar-refractivity contribution in [2.24, 2.45) is 0 Å². The Morgan fingerprint density at radius 2 is 1.61 bits per heavy atom. The first-order chi connectivity index (χ1) is 17.6. The molecule has 0 aliphatic carbocycles. The summed E-state index contributed by atoms with van der Waals surface area (Å²) in [5.41, 5.74) is 8.90. The number of hydrogen-bond acceptors (Lipinski definition) is 9. The highest BCUT2D eigenvalue weighted by atomic mass is 16.5. The molecule has 0 spiro atoms. The third-order valence-electron chi connectivity index (χ3n) is 6.80. The number of ether oxygens (including phenoxy) is 3. The minimum absolute atomic E-state index is 0.169. The number of benzene rings is 2. The molecule has 3 heterocycles. The van der Waals surface area contributed by atoms with Crippen LogP contribution in [0, 0.1) is 0 Å². The van der Waals surface area contributed by atoms with Crippen LogP contribution in [0.25, 0.3) is 22.0 Å². The zero-order valence-electron chi connectivity index (χ0n) is 20.8. The maximum atomic E-state index is 12.7. The number of carbonyl (C=O) groups is 1. The van der Waals surface area contributed by atoms with Gasteiger partial charge in [-0.2, -0.15) is 4.98 Å². The molecule has 2 aromatic carbocycles. The number of methoxy groups -OCH3 is 2. The highest BCUT2D eigenvalue weighted by Gasteiger charge is 2.25. The second-order valence-electron chi connectivity index (χ2n) is 8.96. The molecule has 2 fully saturated rings. The standard InChI is InChI=1S/C26H32N6O4/c1-34-22-6-4-19(16-23(22)35-2)18-3-5-21-20(15-18)25(29-26(27)28-21)32-9-7-30(8-10-32)17-24(33)31-11-13-36-14-12-31/h3-6,15-16H,7-14,17H2,1-2H3,(H2,27,28,29). The SMILES string of the molecule is COc1ccc(-c2ccc3nc(N)nc(N4CCN(CC(=O)N5CCOCC5)CC4)c3c2)cc1OC. The Bertz CT molecular complexity index is 1240. The van der Waals surface area contributed by atoms with E-state index in [0.717, 1.165) is 54.0 Å². The van der Waals surface area contributed by atoms with Crippen molar-refractivity contribution in [3.8, 4) is 22.6 Å². The summed E-state index contributed by atoms with van der Waals surface area (Å²) in [7, 11) is 3.25. The first-order valence-corrected chi connectivity index (χ1v) is 12.2. The van der Waals surface area contributed by atoms with Crippen LogP contribution in [0.5, 0.6) is 11.5 Å². The van der Waals surface area contributed by atoms with Crippen LogP contribution in [0.4, 0.5) is 11.8 Å². The summed E-state index contributed by atoms with van der Waals surface area (Å²) in [5, 5.41) is 0.939. The van der Waals surface area contributed by atoms with Gasteiger partial charge in [-0.25, -0.2) is 4.98 Å². The second-order valence-corrected chi connectivity index (χ2v) is 8.96. The molecule has 0 unspecified atom stereocenters. The van der Waals surface area contributed by atoms with E-state index >= 15 is 0 Å². The van der Waals surface area contributed by atoms with Crippen molar-refractivity contribution in [2.75, 3.05) is 83.9 Å². The van der Waals surface area contributed by atoms with E-state index in [1.165, 1.54) is 0 Å². The number of piperazine rings is 1. The molecule has 5 rings (SSSR count). The molecule has 2 aliphatic heterocycles. The van der Waals surface area contributed by atoms with Crippen molar-refractivity contribution in [1.29, 1.82) is 0 Å². The van der Waals surface area contributed by atoms with Gasteiger partial charge in [0.1, 0.15) is 5.82 Å². The number of morpholine rings is 1. The molecule has 36 heavy (non-hydrogen) atoms. The number of rotatable bonds is 6. The molecule has 2 N–H and O–H groups in total. The lowest BCUT2D eigenvalue weighted by Crippen LogP contribution is -2.51. The Morgan fingerprint density at radius 1 is 0.917 bits per heavy atom. The summed E-state index contributed by atoms with van der Waals surface area (Å²) in [4.78, 5) is 28.1. The summed E-state index contributed by atoms with van der Waals surface area (Å²) in [6, 6.07) is 12.0. The molecule has 0 bridgehead atoms. The molecule has 2 aliphatic rings. The first-order valence-electron chi connectivity index (χ1n) is 12.2. The second kappa shape index (κ2) is 10.5. The Morgan fingerprint density at radius 3 is 2.33 bits per heavy atom. The number of fused-ring (bicyclic) bond motifs is 1. The van der Waals surface area contributed by atoms with Crippen LogP contribution in [0.2, 0.25) is 0 Å². The van der Waals surface area contributed by atoms with Gasteiger partial charge in [-0.05, 0) is 35.4 Å². The maximum absolute atomic E-state index is 12.7. The average molecular weight is 493 g/mol. The van der Waals surface area contributed by atoms with Crippen molar-refractivity contribution < 1.29 is 19.0 Å². The summed E-state index contributed by atoms with van der Waals surface area (Å²) >= 11 is 0. The minimum Gasteiger partial charge on any atom is -0.493 e. The minimum atomic E-state index is 0.169. The summed E-state index contributed by atoms with van der Waals surface area (Å²) in [6.45, 7) is 6.07.